The van der Waals surface area contributed by atoms with E-state index >= 15 is 0 Å². The molecule has 17 heavy (non-hydrogen) atoms. The van der Waals surface area contributed by atoms with Crippen LogP contribution >= 0.6 is 12.6 Å². The molecule has 2 aliphatic carbocycles. The smallest absolute Gasteiger partial charge is 0.175 e. The lowest BCUT2D eigenvalue weighted by molar-refractivity contribution is 0.0521. The molecule has 1 aliphatic heterocycles. The van der Waals surface area contributed by atoms with E-state index < -0.39 is 0 Å². The molecule has 0 spiro atoms. The van der Waals surface area contributed by atoms with Crippen molar-refractivity contribution in [3.63, 3.8) is 0 Å². The number of hydrogen-bond acceptors (Lipinski definition) is 3. The number of ether oxygens (including phenoxy) is 2. The summed E-state index contributed by atoms with van der Waals surface area (Å²) in [6.07, 6.45) is 11.4. The Morgan fingerprint density at radius 3 is 3.12 bits per heavy atom. The minimum atomic E-state index is -0.197. The average Bonchev–Trinajstić information content (AvgIpc) is 2.56. The molecule has 0 N–H and O–H groups in total. The third kappa shape index (κ3) is 1.84. The molecule has 0 saturated heterocycles. The first-order valence-electron chi connectivity index (χ1n) is 5.71. The van der Waals surface area contributed by atoms with Crippen LogP contribution in [0.2, 0.25) is 0 Å². The second-order valence-electron chi connectivity index (χ2n) is 4.32. The summed E-state index contributed by atoms with van der Waals surface area (Å²) in [5.41, 5.74) is 2.03. The van der Waals surface area contributed by atoms with Gasteiger partial charge in [0.1, 0.15) is 6.61 Å². The molecular weight excluding hydrogens is 232 g/mol. The van der Waals surface area contributed by atoms with Gasteiger partial charge in [-0.15, -0.1) is 12.6 Å². The van der Waals surface area contributed by atoms with Crippen molar-refractivity contribution in [3.05, 3.63) is 59.6 Å². The Labute approximate surface area is 106 Å². The second kappa shape index (κ2) is 4.15. The molecule has 1 heterocycles. The summed E-state index contributed by atoms with van der Waals surface area (Å²) in [5.74, 6) is 1.86. The van der Waals surface area contributed by atoms with Crippen molar-refractivity contribution >= 4 is 12.6 Å². The molecule has 0 aromatic rings. The monoisotopic (exact) mass is 246 g/mol. The van der Waals surface area contributed by atoms with Gasteiger partial charge in [-0.3, -0.25) is 0 Å². The lowest BCUT2D eigenvalue weighted by atomic mass is 9.84. The Bertz CT molecular complexity index is 482. The molecule has 88 valence electrons. The molecule has 2 atom stereocenters. The highest BCUT2D eigenvalue weighted by molar-refractivity contribution is 7.80. The summed E-state index contributed by atoms with van der Waals surface area (Å²) >= 11 is 4.29. The third-order valence-corrected chi connectivity index (χ3v) is 3.43. The number of hydrogen-bond donors (Lipinski definition) is 1. The van der Waals surface area contributed by atoms with Crippen molar-refractivity contribution in [1.82, 2.24) is 0 Å². The van der Waals surface area contributed by atoms with Gasteiger partial charge in [-0.2, -0.15) is 0 Å². The molecule has 2 nitrogen and oxygen atoms in total. The largest absolute Gasteiger partial charge is 0.485 e. The maximum absolute atomic E-state index is 5.72. The zero-order valence-corrected chi connectivity index (χ0v) is 10.3. The fourth-order valence-corrected chi connectivity index (χ4v) is 2.49. The summed E-state index contributed by atoms with van der Waals surface area (Å²) in [6.45, 7) is 4.63. The first-order valence-corrected chi connectivity index (χ1v) is 6.23. The Hall–Kier alpha value is -1.35. The van der Waals surface area contributed by atoms with Gasteiger partial charge in [0.2, 0.25) is 0 Å². The van der Waals surface area contributed by atoms with Gasteiger partial charge in [-0.1, -0.05) is 30.9 Å². The Morgan fingerprint density at radius 1 is 1.35 bits per heavy atom. The fraction of sp³-hybridized carbons (Fsp3) is 0.286. The minimum absolute atomic E-state index is 0.197. The Morgan fingerprint density at radius 2 is 2.24 bits per heavy atom. The van der Waals surface area contributed by atoms with E-state index in [1.54, 1.807) is 0 Å². The van der Waals surface area contributed by atoms with Gasteiger partial charge in [-0.25, -0.2) is 0 Å². The number of fused-ring (bicyclic) bond motifs is 1. The molecule has 0 bridgehead atoms. The van der Waals surface area contributed by atoms with Crippen molar-refractivity contribution < 1.29 is 9.47 Å². The normalized spacial score (nSPS) is 30.9. The Kier molecular flexibility index (Phi) is 2.63. The van der Waals surface area contributed by atoms with Crippen LogP contribution in [0.15, 0.2) is 59.6 Å². The van der Waals surface area contributed by atoms with E-state index in [0.717, 1.165) is 23.5 Å². The molecule has 3 rings (SSSR count). The molecule has 1 unspecified atom stereocenters. The van der Waals surface area contributed by atoms with Crippen molar-refractivity contribution in [3.8, 4) is 0 Å². The fourth-order valence-electron chi connectivity index (χ4n) is 2.31. The lowest BCUT2D eigenvalue weighted by Gasteiger charge is -2.32. The summed E-state index contributed by atoms with van der Waals surface area (Å²) in [5, 5.41) is 0. The Balaban J connectivity index is 2.02. The van der Waals surface area contributed by atoms with Crippen LogP contribution in [-0.4, -0.2) is 12.0 Å². The summed E-state index contributed by atoms with van der Waals surface area (Å²) in [6, 6.07) is 0. The van der Waals surface area contributed by atoms with Gasteiger partial charge in [0.15, 0.2) is 17.0 Å². The second-order valence-corrected chi connectivity index (χ2v) is 4.90. The van der Waals surface area contributed by atoms with Gasteiger partial charge in [0.25, 0.3) is 0 Å². The molecule has 0 amide bonds. The molecule has 0 radical (unpaired) electrons. The van der Waals surface area contributed by atoms with Gasteiger partial charge in [0, 0.05) is 5.92 Å². The van der Waals surface area contributed by atoms with Crippen molar-refractivity contribution in [2.24, 2.45) is 5.92 Å². The van der Waals surface area contributed by atoms with Crippen LogP contribution < -0.4 is 0 Å². The average molecular weight is 246 g/mol. The van der Waals surface area contributed by atoms with E-state index in [1.165, 1.54) is 5.57 Å². The highest BCUT2D eigenvalue weighted by Gasteiger charge is 2.31. The van der Waals surface area contributed by atoms with Crippen LogP contribution in [0, 0.1) is 5.92 Å². The first kappa shape index (κ1) is 10.8. The number of rotatable bonds is 0. The van der Waals surface area contributed by atoms with E-state index in [9.17, 15) is 0 Å². The molecule has 0 aromatic heterocycles. The third-order valence-electron chi connectivity index (χ3n) is 3.18. The van der Waals surface area contributed by atoms with E-state index in [2.05, 4.69) is 49.6 Å². The first-order chi connectivity index (χ1) is 8.25. The SMILES string of the molecule is C=C1C2=C(C=C3C=CC=CC[C@@H]13)OCC(S)O2. The van der Waals surface area contributed by atoms with Crippen LogP contribution in [-0.2, 0) is 9.47 Å². The lowest BCUT2D eigenvalue weighted by Crippen LogP contribution is -2.25. The zero-order valence-electron chi connectivity index (χ0n) is 9.43. The van der Waals surface area contributed by atoms with Gasteiger partial charge in [0.05, 0.1) is 0 Å². The molecule has 0 saturated carbocycles. The maximum Gasteiger partial charge on any atom is 0.175 e. The van der Waals surface area contributed by atoms with E-state index in [0.29, 0.717) is 12.5 Å². The summed E-state index contributed by atoms with van der Waals surface area (Å²) < 4.78 is 11.4. The van der Waals surface area contributed by atoms with E-state index in [4.69, 9.17) is 9.47 Å². The van der Waals surface area contributed by atoms with Gasteiger partial charge >= 0.3 is 0 Å². The van der Waals surface area contributed by atoms with Crippen LogP contribution in [0.3, 0.4) is 0 Å². The van der Waals surface area contributed by atoms with Crippen LogP contribution in [0.5, 0.6) is 0 Å². The molecule has 3 heteroatoms. The highest BCUT2D eigenvalue weighted by Crippen LogP contribution is 2.40. The van der Waals surface area contributed by atoms with Crippen molar-refractivity contribution in [2.45, 2.75) is 11.9 Å². The van der Waals surface area contributed by atoms with E-state index in [-0.39, 0.29) is 5.44 Å². The molecule has 0 aromatic carbocycles. The van der Waals surface area contributed by atoms with Crippen LogP contribution in [0.4, 0.5) is 0 Å². The predicted octanol–water partition coefficient (Wildman–Crippen LogP) is 3.13. The maximum atomic E-state index is 5.72. The quantitative estimate of drug-likeness (QED) is 0.662. The molecular formula is C14H14O2S. The molecule has 3 aliphatic rings. The summed E-state index contributed by atoms with van der Waals surface area (Å²) in [4.78, 5) is 0. The minimum Gasteiger partial charge on any atom is -0.485 e. The number of allylic oxidation sites excluding steroid dienone is 7. The summed E-state index contributed by atoms with van der Waals surface area (Å²) in [7, 11) is 0. The topological polar surface area (TPSA) is 18.5 Å². The van der Waals surface area contributed by atoms with E-state index in [1.807, 2.05) is 0 Å². The zero-order chi connectivity index (χ0) is 11.8. The number of thiol groups is 1. The van der Waals surface area contributed by atoms with Gasteiger partial charge < -0.3 is 9.47 Å². The van der Waals surface area contributed by atoms with Crippen molar-refractivity contribution in [1.29, 1.82) is 0 Å². The predicted molar refractivity (Wildman–Crippen MR) is 70.4 cm³/mol. The van der Waals surface area contributed by atoms with Crippen LogP contribution in [0.1, 0.15) is 6.42 Å². The standard InChI is InChI=1S/C14H14O2S/c1-9-11-6-4-2-3-5-10(11)7-12-14(9)16-13(17)8-15-12/h2-5,7,11,13,17H,1,6,8H2/t11-,13?/m0/s1. The van der Waals surface area contributed by atoms with Crippen molar-refractivity contribution in [2.75, 3.05) is 6.61 Å². The molecule has 0 fully saturated rings. The van der Waals surface area contributed by atoms with Gasteiger partial charge in [-0.05, 0) is 23.6 Å². The van der Waals surface area contributed by atoms with Crippen LogP contribution in [0.25, 0.3) is 0 Å². The highest BCUT2D eigenvalue weighted by atomic mass is 32.1.